The van der Waals surface area contributed by atoms with Crippen molar-refractivity contribution in [1.82, 2.24) is 31.1 Å². The Kier molecular flexibility index (Phi) is 13.6. The van der Waals surface area contributed by atoms with Gasteiger partial charge < -0.3 is 31.1 Å². The number of nitrogens with zero attached hydrogens (tertiary/aromatic N) is 4. The highest BCUT2D eigenvalue weighted by atomic mass is 16.2. The van der Waals surface area contributed by atoms with E-state index < -0.39 is 0 Å². The van der Waals surface area contributed by atoms with Gasteiger partial charge in [0.05, 0.1) is 0 Å². The molecule has 0 aromatic heterocycles. The first-order valence-corrected chi connectivity index (χ1v) is 8.34. The third-order valence-electron chi connectivity index (χ3n) is 3.77. The summed E-state index contributed by atoms with van der Waals surface area (Å²) in [6.07, 6.45) is -0.132. The third-order valence-corrected chi connectivity index (χ3v) is 3.77. The molecule has 0 aliphatic heterocycles. The smallest absolute Gasteiger partial charge is 0.220 e. The molecule has 0 aromatic carbocycles. The van der Waals surface area contributed by atoms with E-state index in [1.165, 1.54) is 13.8 Å². The summed E-state index contributed by atoms with van der Waals surface area (Å²) >= 11 is 0. The molecular weight excluding hydrogens is 336 g/mol. The van der Waals surface area contributed by atoms with Crippen LogP contribution in [0, 0.1) is 0 Å². The molecule has 10 heteroatoms. The lowest BCUT2D eigenvalue weighted by Crippen LogP contribution is -2.49. The number of nitrogens with one attached hydrogen (secondary N) is 4. The van der Waals surface area contributed by atoms with E-state index in [1.54, 1.807) is 52.1 Å². The van der Waals surface area contributed by atoms with Crippen molar-refractivity contribution in [3.05, 3.63) is 0 Å². The van der Waals surface area contributed by atoms with Gasteiger partial charge in [0.2, 0.25) is 11.8 Å². The van der Waals surface area contributed by atoms with Crippen LogP contribution in [0.25, 0.3) is 0 Å². The van der Waals surface area contributed by atoms with Gasteiger partial charge in [0.15, 0.2) is 11.9 Å². The molecule has 10 nitrogen and oxygen atoms in total. The Morgan fingerprint density at radius 2 is 1.04 bits per heavy atom. The van der Waals surface area contributed by atoms with Gasteiger partial charge in [0, 0.05) is 56.1 Å². The quantitative estimate of drug-likeness (QED) is 0.292. The van der Waals surface area contributed by atoms with Crippen molar-refractivity contribution in [2.75, 3.05) is 42.3 Å². The molecule has 4 N–H and O–H groups in total. The van der Waals surface area contributed by atoms with E-state index in [0.29, 0.717) is 11.9 Å². The molecule has 0 saturated heterocycles. The summed E-state index contributed by atoms with van der Waals surface area (Å²) in [6.45, 7) is 6.84. The molecule has 0 heterocycles. The van der Waals surface area contributed by atoms with Gasteiger partial charge in [-0.15, -0.1) is 0 Å². The van der Waals surface area contributed by atoms with Crippen LogP contribution < -0.4 is 21.3 Å². The lowest BCUT2D eigenvalue weighted by atomic mass is 10.4. The van der Waals surface area contributed by atoms with Gasteiger partial charge in [0.25, 0.3) is 0 Å². The maximum Gasteiger partial charge on any atom is 0.220 e. The lowest BCUT2D eigenvalue weighted by molar-refractivity contribution is -0.130. The molecule has 152 valence electrons. The third kappa shape index (κ3) is 10.4. The molecule has 26 heavy (non-hydrogen) atoms. The molecule has 0 rings (SSSR count). The highest BCUT2D eigenvalue weighted by Gasteiger charge is 2.12. The van der Waals surface area contributed by atoms with Crippen LogP contribution >= 0.6 is 0 Å². The monoisotopic (exact) mass is 372 g/mol. The molecule has 0 aliphatic rings. The van der Waals surface area contributed by atoms with E-state index in [0.717, 1.165) is 0 Å². The zero-order valence-corrected chi connectivity index (χ0v) is 17.8. The minimum Gasteiger partial charge on any atom is -0.359 e. The molecule has 0 fully saturated rings. The molecule has 0 saturated carbocycles. The fourth-order valence-electron chi connectivity index (χ4n) is 1.63. The van der Waals surface area contributed by atoms with E-state index in [1.807, 2.05) is 13.8 Å². The van der Waals surface area contributed by atoms with Crippen molar-refractivity contribution in [1.29, 1.82) is 0 Å². The van der Waals surface area contributed by atoms with Crippen LogP contribution in [0.2, 0.25) is 0 Å². The molecule has 0 bridgehead atoms. The summed E-state index contributed by atoms with van der Waals surface area (Å²) in [7, 11) is 10.4. The number of carbonyl (C=O) groups is 2. The Bertz CT molecular complexity index is 449. The zero-order valence-electron chi connectivity index (χ0n) is 17.8. The van der Waals surface area contributed by atoms with Crippen molar-refractivity contribution in [2.45, 2.75) is 40.0 Å². The Hall–Kier alpha value is -2.52. The van der Waals surface area contributed by atoms with Gasteiger partial charge in [-0.3, -0.25) is 19.6 Å². The molecule has 2 unspecified atom stereocenters. The van der Waals surface area contributed by atoms with E-state index in [9.17, 15) is 9.59 Å². The molecule has 0 aromatic rings. The van der Waals surface area contributed by atoms with Crippen LogP contribution in [0.15, 0.2) is 9.98 Å². The molecule has 0 aliphatic carbocycles. The minimum absolute atomic E-state index is 0.0200. The minimum atomic E-state index is -0.0661. The highest BCUT2D eigenvalue weighted by Crippen LogP contribution is 1.91. The Labute approximate surface area is 157 Å². The fourth-order valence-corrected chi connectivity index (χ4v) is 1.63. The normalized spacial score (nSPS) is 13.5. The highest BCUT2D eigenvalue weighted by molar-refractivity contribution is 5.81. The predicted molar refractivity (Wildman–Crippen MR) is 107 cm³/mol. The van der Waals surface area contributed by atoms with Gasteiger partial charge in [-0.1, -0.05) is 0 Å². The first kappa shape index (κ1) is 25.7. The van der Waals surface area contributed by atoms with E-state index in [4.69, 9.17) is 0 Å². The average molecular weight is 373 g/mol. The van der Waals surface area contributed by atoms with Crippen LogP contribution in [0.3, 0.4) is 0 Å². The van der Waals surface area contributed by atoms with Crippen LogP contribution in [-0.4, -0.2) is 88.2 Å². The average Bonchev–Trinajstić information content (AvgIpc) is 2.62. The molecule has 0 spiro atoms. The van der Waals surface area contributed by atoms with Crippen LogP contribution in [0.4, 0.5) is 0 Å². The van der Waals surface area contributed by atoms with E-state index in [2.05, 4.69) is 31.3 Å². The van der Waals surface area contributed by atoms with Crippen LogP contribution in [0.1, 0.15) is 27.7 Å². The Balaban J connectivity index is 0. The summed E-state index contributed by atoms with van der Waals surface area (Å²) in [5.41, 5.74) is 0. The lowest BCUT2D eigenvalue weighted by Gasteiger charge is -2.25. The van der Waals surface area contributed by atoms with Crippen molar-refractivity contribution >= 4 is 23.7 Å². The summed E-state index contributed by atoms with van der Waals surface area (Å²) in [6, 6.07) is 0. The number of hydrogen-bond acceptors (Lipinski definition) is 4. The summed E-state index contributed by atoms with van der Waals surface area (Å²) in [5, 5.41) is 11.8. The zero-order chi connectivity index (χ0) is 20.9. The molecule has 2 atom stereocenters. The number of rotatable bonds is 4. The van der Waals surface area contributed by atoms with Crippen molar-refractivity contribution in [2.24, 2.45) is 9.98 Å². The van der Waals surface area contributed by atoms with E-state index in [-0.39, 0.29) is 24.1 Å². The van der Waals surface area contributed by atoms with Crippen molar-refractivity contribution < 1.29 is 9.59 Å². The summed E-state index contributed by atoms with van der Waals surface area (Å²) in [4.78, 5) is 33.0. The fraction of sp³-hybridized carbons (Fsp3) is 0.750. The second kappa shape index (κ2) is 13.7. The van der Waals surface area contributed by atoms with Gasteiger partial charge in [-0.05, 0) is 13.8 Å². The van der Waals surface area contributed by atoms with Crippen LogP contribution in [-0.2, 0) is 9.59 Å². The summed E-state index contributed by atoms with van der Waals surface area (Å²) in [5.74, 6) is 1.37. The maximum atomic E-state index is 11.0. The van der Waals surface area contributed by atoms with E-state index >= 15 is 0 Å². The molecule has 0 radical (unpaired) electrons. The number of guanidine groups is 2. The largest absolute Gasteiger partial charge is 0.359 e. The maximum absolute atomic E-state index is 11.0. The molecular formula is C16H36N8O2. The number of carbonyl (C=O) groups excluding carboxylic acids is 2. The van der Waals surface area contributed by atoms with Gasteiger partial charge in [-0.2, -0.15) is 0 Å². The van der Waals surface area contributed by atoms with Gasteiger partial charge >= 0.3 is 0 Å². The first-order chi connectivity index (χ1) is 12.0. The van der Waals surface area contributed by atoms with Crippen molar-refractivity contribution in [3.8, 4) is 0 Å². The number of aliphatic imine (C=N–C) groups is 2. The second-order valence-corrected chi connectivity index (χ2v) is 5.54. The number of hydrogen-bond donors (Lipinski definition) is 4. The Morgan fingerprint density at radius 1 is 0.769 bits per heavy atom. The van der Waals surface area contributed by atoms with Gasteiger partial charge in [-0.25, -0.2) is 0 Å². The standard InChI is InChI=1S/2C8H18N4O/c2*1-6(12(5)7(2)13)11-8(9-3)10-4/h2*6H,1-5H3,(H2,9,10,11). The Morgan fingerprint density at radius 3 is 1.19 bits per heavy atom. The van der Waals surface area contributed by atoms with Crippen molar-refractivity contribution in [3.63, 3.8) is 0 Å². The second-order valence-electron chi connectivity index (χ2n) is 5.54. The van der Waals surface area contributed by atoms with Crippen LogP contribution in [0.5, 0.6) is 0 Å². The topological polar surface area (TPSA) is 113 Å². The summed E-state index contributed by atoms with van der Waals surface area (Å²) < 4.78 is 0. The first-order valence-electron chi connectivity index (χ1n) is 8.34. The van der Waals surface area contributed by atoms with Gasteiger partial charge in [0.1, 0.15) is 12.3 Å². The predicted octanol–water partition coefficient (Wildman–Crippen LogP) is -0.789. The number of amides is 2. The SMILES string of the molecule is CN=C(NC)NC(C)N(C)C(C)=O.CN=C(NC)NC(C)N(C)C(C)=O. The molecule has 2 amide bonds.